The van der Waals surface area contributed by atoms with Gasteiger partial charge in [0, 0.05) is 25.3 Å². The van der Waals surface area contributed by atoms with E-state index in [4.69, 9.17) is 0 Å². The zero-order chi connectivity index (χ0) is 12.6. The van der Waals surface area contributed by atoms with Gasteiger partial charge in [0.2, 0.25) is 0 Å². The molecule has 1 aromatic heterocycles. The lowest BCUT2D eigenvalue weighted by atomic mass is 9.97. The smallest absolute Gasteiger partial charge is 0.275 e. The van der Waals surface area contributed by atoms with E-state index in [1.807, 2.05) is 18.1 Å². The Morgan fingerprint density at radius 2 is 2.00 bits per heavy atom. The predicted molar refractivity (Wildman–Crippen MR) is 74.9 cm³/mol. The second kappa shape index (κ2) is 4.96. The van der Waals surface area contributed by atoms with Crippen molar-refractivity contribution in [2.45, 2.75) is 45.2 Å². The molecule has 0 N–H and O–H groups in total. The Kier molecular flexibility index (Phi) is 3.75. The monoisotopic (exact) mass is 347 g/mol. The van der Waals surface area contributed by atoms with Crippen LogP contribution >= 0.6 is 22.6 Å². The summed E-state index contributed by atoms with van der Waals surface area (Å²) in [5.41, 5.74) is 0.591. The second-order valence-corrected chi connectivity index (χ2v) is 6.00. The third-order valence-electron chi connectivity index (χ3n) is 3.41. The lowest BCUT2D eigenvalue weighted by Crippen LogP contribution is -2.47. The summed E-state index contributed by atoms with van der Waals surface area (Å²) in [7, 11) is 1.85. The van der Waals surface area contributed by atoms with Gasteiger partial charge in [-0.15, -0.1) is 0 Å². The molecule has 17 heavy (non-hydrogen) atoms. The third kappa shape index (κ3) is 2.48. The average Bonchev–Trinajstić information content (AvgIpc) is 2.57. The zero-order valence-electron chi connectivity index (χ0n) is 10.5. The number of aryl methyl sites for hydroxylation is 1. The summed E-state index contributed by atoms with van der Waals surface area (Å²) in [6.07, 6.45) is 5.29. The highest BCUT2D eigenvalue weighted by atomic mass is 127. The first-order valence-electron chi connectivity index (χ1n) is 6.02. The van der Waals surface area contributed by atoms with Gasteiger partial charge in [-0.1, -0.05) is 0 Å². The van der Waals surface area contributed by atoms with Crippen molar-refractivity contribution in [1.82, 2.24) is 14.7 Å². The predicted octanol–water partition coefficient (Wildman–Crippen LogP) is 2.43. The first kappa shape index (κ1) is 12.9. The molecule has 2 heterocycles. The number of likely N-dealkylation sites (tertiary alicyclic amines) is 1. The number of hydrogen-bond donors (Lipinski definition) is 0. The van der Waals surface area contributed by atoms with Crippen LogP contribution in [-0.2, 0) is 7.05 Å². The molecule has 0 bridgehead atoms. The van der Waals surface area contributed by atoms with E-state index < -0.39 is 0 Å². The number of carbonyl (C=O) groups excluding carboxylic acids is 1. The number of carbonyl (C=O) groups is 1. The van der Waals surface area contributed by atoms with Gasteiger partial charge < -0.3 is 4.90 Å². The van der Waals surface area contributed by atoms with Gasteiger partial charge >= 0.3 is 0 Å². The van der Waals surface area contributed by atoms with Crippen LogP contribution in [0.1, 0.15) is 43.6 Å². The van der Waals surface area contributed by atoms with Crippen LogP contribution in [0.25, 0.3) is 0 Å². The minimum atomic E-state index is 0.0784. The van der Waals surface area contributed by atoms with Gasteiger partial charge in [0.25, 0.3) is 5.91 Å². The van der Waals surface area contributed by atoms with Crippen LogP contribution in [0.4, 0.5) is 0 Å². The maximum Gasteiger partial charge on any atom is 0.275 e. The highest BCUT2D eigenvalue weighted by Crippen LogP contribution is 2.25. The van der Waals surface area contributed by atoms with Gasteiger partial charge in [0.15, 0.2) is 5.69 Å². The molecule has 0 aliphatic carbocycles. The molecule has 1 saturated heterocycles. The van der Waals surface area contributed by atoms with Crippen molar-refractivity contribution < 1.29 is 4.79 Å². The summed E-state index contributed by atoms with van der Waals surface area (Å²) >= 11 is 2.18. The summed E-state index contributed by atoms with van der Waals surface area (Å²) in [5, 5.41) is 4.27. The number of aromatic nitrogens is 2. The van der Waals surface area contributed by atoms with E-state index in [9.17, 15) is 4.79 Å². The van der Waals surface area contributed by atoms with Gasteiger partial charge in [-0.2, -0.15) is 5.10 Å². The largest absolute Gasteiger partial charge is 0.332 e. The Morgan fingerprint density at radius 1 is 1.41 bits per heavy atom. The molecule has 0 aromatic carbocycles. The molecule has 1 aliphatic rings. The van der Waals surface area contributed by atoms with Crippen molar-refractivity contribution in [1.29, 1.82) is 0 Å². The maximum atomic E-state index is 12.5. The van der Waals surface area contributed by atoms with Crippen LogP contribution in [-0.4, -0.2) is 32.7 Å². The molecule has 1 aliphatic heterocycles. The van der Waals surface area contributed by atoms with Crippen molar-refractivity contribution in [3.05, 3.63) is 15.5 Å². The summed E-state index contributed by atoms with van der Waals surface area (Å²) in [6.45, 7) is 4.26. The van der Waals surface area contributed by atoms with Crippen molar-refractivity contribution in [3.8, 4) is 0 Å². The van der Waals surface area contributed by atoms with Crippen LogP contribution in [0.15, 0.2) is 6.20 Å². The molecule has 2 atom stereocenters. The van der Waals surface area contributed by atoms with Crippen LogP contribution in [0.3, 0.4) is 0 Å². The van der Waals surface area contributed by atoms with E-state index in [2.05, 4.69) is 41.5 Å². The van der Waals surface area contributed by atoms with Gasteiger partial charge in [-0.3, -0.25) is 9.48 Å². The topological polar surface area (TPSA) is 38.1 Å². The molecular formula is C12H18IN3O. The Hall–Kier alpha value is -0.590. The Bertz CT molecular complexity index is 419. The molecule has 0 saturated carbocycles. The molecule has 0 spiro atoms. The maximum absolute atomic E-state index is 12.5. The normalized spacial score (nSPS) is 25.1. The van der Waals surface area contributed by atoms with E-state index in [0.717, 1.165) is 16.4 Å². The first-order chi connectivity index (χ1) is 8.00. The number of amides is 1. The van der Waals surface area contributed by atoms with E-state index in [1.165, 1.54) is 6.42 Å². The van der Waals surface area contributed by atoms with Crippen molar-refractivity contribution >= 4 is 28.5 Å². The molecule has 2 rings (SSSR count). The number of halogens is 1. The fourth-order valence-corrected chi connectivity index (χ4v) is 3.29. The van der Waals surface area contributed by atoms with Gasteiger partial charge in [0.1, 0.15) is 0 Å². The lowest BCUT2D eigenvalue weighted by molar-refractivity contribution is 0.0503. The summed E-state index contributed by atoms with van der Waals surface area (Å²) in [5.74, 6) is 0.0784. The average molecular weight is 347 g/mol. The van der Waals surface area contributed by atoms with Gasteiger partial charge in [0.05, 0.1) is 3.57 Å². The minimum Gasteiger partial charge on any atom is -0.332 e. The molecule has 0 unspecified atom stereocenters. The Balaban J connectivity index is 2.27. The molecule has 1 aromatic rings. The van der Waals surface area contributed by atoms with Crippen LogP contribution in [0.2, 0.25) is 0 Å². The fourth-order valence-electron chi connectivity index (χ4n) is 2.55. The standard InChI is InChI=1S/C12H18IN3O/c1-8-5-4-6-9(2)16(8)12(17)11-10(13)7-15(3)14-11/h7-9H,4-6H2,1-3H3/t8-,9-/m1/s1. The number of rotatable bonds is 1. The quantitative estimate of drug-likeness (QED) is 0.732. The molecule has 0 radical (unpaired) electrons. The molecular weight excluding hydrogens is 329 g/mol. The summed E-state index contributed by atoms with van der Waals surface area (Å²) in [4.78, 5) is 14.5. The second-order valence-electron chi connectivity index (χ2n) is 4.84. The molecule has 5 heteroatoms. The third-order valence-corrected chi connectivity index (χ3v) is 4.20. The van der Waals surface area contributed by atoms with E-state index in [-0.39, 0.29) is 5.91 Å². The zero-order valence-corrected chi connectivity index (χ0v) is 12.6. The first-order valence-corrected chi connectivity index (χ1v) is 7.10. The van der Waals surface area contributed by atoms with Gasteiger partial charge in [-0.05, 0) is 55.7 Å². The fraction of sp³-hybridized carbons (Fsp3) is 0.667. The van der Waals surface area contributed by atoms with E-state index in [1.54, 1.807) is 4.68 Å². The Morgan fingerprint density at radius 3 is 2.47 bits per heavy atom. The summed E-state index contributed by atoms with van der Waals surface area (Å²) < 4.78 is 2.63. The highest BCUT2D eigenvalue weighted by molar-refractivity contribution is 14.1. The van der Waals surface area contributed by atoms with Crippen LogP contribution < -0.4 is 0 Å². The minimum absolute atomic E-state index is 0.0784. The van der Waals surface area contributed by atoms with E-state index >= 15 is 0 Å². The van der Waals surface area contributed by atoms with E-state index in [0.29, 0.717) is 17.8 Å². The van der Waals surface area contributed by atoms with Crippen LogP contribution in [0, 0.1) is 3.57 Å². The van der Waals surface area contributed by atoms with Crippen molar-refractivity contribution in [3.63, 3.8) is 0 Å². The van der Waals surface area contributed by atoms with Crippen molar-refractivity contribution in [2.75, 3.05) is 0 Å². The number of hydrogen-bond acceptors (Lipinski definition) is 2. The summed E-state index contributed by atoms with van der Waals surface area (Å²) in [6, 6.07) is 0.646. The molecule has 94 valence electrons. The molecule has 1 fully saturated rings. The Labute approximate surface area is 116 Å². The van der Waals surface area contributed by atoms with Crippen molar-refractivity contribution in [2.24, 2.45) is 7.05 Å². The number of nitrogens with zero attached hydrogens (tertiary/aromatic N) is 3. The SMILES string of the molecule is C[C@@H]1CCC[C@@H](C)N1C(=O)c1nn(C)cc1I. The van der Waals surface area contributed by atoms with Gasteiger partial charge in [-0.25, -0.2) is 0 Å². The lowest BCUT2D eigenvalue weighted by Gasteiger charge is -2.38. The molecule has 4 nitrogen and oxygen atoms in total. The molecule has 1 amide bonds. The number of piperidine rings is 1. The highest BCUT2D eigenvalue weighted by Gasteiger charge is 2.31. The van der Waals surface area contributed by atoms with Crippen LogP contribution in [0.5, 0.6) is 0 Å².